The Morgan fingerprint density at radius 1 is 1.31 bits per heavy atom. The average Bonchev–Trinajstić information content (AvgIpc) is 3.16. The minimum atomic E-state index is -1.03. The molecule has 0 aliphatic carbocycles. The van der Waals surface area contributed by atoms with Crippen LogP contribution in [-0.4, -0.2) is 36.5 Å². The van der Waals surface area contributed by atoms with E-state index in [-0.39, 0.29) is 12.1 Å². The summed E-state index contributed by atoms with van der Waals surface area (Å²) in [5, 5.41) is 20.3. The molecule has 0 aliphatic heterocycles. The van der Waals surface area contributed by atoms with Crippen molar-refractivity contribution in [1.29, 1.82) is 0 Å². The molecule has 3 rings (SSSR count). The monoisotopic (exact) mass is 373 g/mol. The zero-order valence-electron chi connectivity index (χ0n) is 13.9. The van der Waals surface area contributed by atoms with Crippen LogP contribution in [0.25, 0.3) is 0 Å². The van der Waals surface area contributed by atoms with Crippen LogP contribution < -0.4 is 5.32 Å². The largest absolute Gasteiger partial charge is 0.480 e. The number of nitrogens with one attached hydrogen (secondary N) is 1. The van der Waals surface area contributed by atoms with Gasteiger partial charge in [0.1, 0.15) is 6.54 Å². The topological polar surface area (TPSA) is 102 Å². The van der Waals surface area contributed by atoms with Gasteiger partial charge in [-0.25, -0.2) is 0 Å². The van der Waals surface area contributed by atoms with E-state index in [1.54, 1.807) is 10.7 Å². The number of anilines is 1. The Labute approximate surface area is 154 Å². The smallest absolute Gasteiger partial charge is 0.325 e. The highest BCUT2D eigenvalue weighted by Crippen LogP contribution is 2.18. The van der Waals surface area contributed by atoms with Crippen molar-refractivity contribution in [3.63, 3.8) is 0 Å². The molecule has 1 aromatic carbocycles. The molecule has 134 valence electrons. The van der Waals surface area contributed by atoms with E-state index in [0.717, 1.165) is 11.3 Å². The van der Waals surface area contributed by atoms with Gasteiger partial charge in [0.05, 0.1) is 18.3 Å². The SMILES string of the molecule is Cc1cc(NC(=O)c2cnn(CC(=O)O)c2)nn1Cc1ccccc1Cl. The fraction of sp³-hybridized carbons (Fsp3) is 0.176. The summed E-state index contributed by atoms with van der Waals surface area (Å²) in [6, 6.07) is 9.23. The highest BCUT2D eigenvalue weighted by atomic mass is 35.5. The molecule has 2 aromatic heterocycles. The summed E-state index contributed by atoms with van der Waals surface area (Å²) in [7, 11) is 0. The predicted molar refractivity (Wildman–Crippen MR) is 95.3 cm³/mol. The lowest BCUT2D eigenvalue weighted by molar-refractivity contribution is -0.137. The van der Waals surface area contributed by atoms with E-state index >= 15 is 0 Å². The lowest BCUT2D eigenvalue weighted by Gasteiger charge is -2.06. The maximum absolute atomic E-state index is 12.3. The summed E-state index contributed by atoms with van der Waals surface area (Å²) < 4.78 is 2.92. The van der Waals surface area contributed by atoms with Crippen molar-refractivity contribution in [3.05, 3.63) is 64.6 Å². The highest BCUT2D eigenvalue weighted by molar-refractivity contribution is 6.31. The Morgan fingerprint density at radius 3 is 2.81 bits per heavy atom. The van der Waals surface area contributed by atoms with Crippen molar-refractivity contribution in [3.8, 4) is 0 Å². The van der Waals surface area contributed by atoms with Gasteiger partial charge in [0.25, 0.3) is 5.91 Å². The van der Waals surface area contributed by atoms with E-state index in [0.29, 0.717) is 17.4 Å². The molecule has 0 unspecified atom stereocenters. The zero-order chi connectivity index (χ0) is 18.7. The number of carboxylic acid groups (broad SMARTS) is 1. The molecule has 2 N–H and O–H groups in total. The molecule has 0 spiro atoms. The summed E-state index contributed by atoms with van der Waals surface area (Å²) in [5.74, 6) is -1.05. The molecule has 0 aliphatic rings. The van der Waals surface area contributed by atoms with E-state index in [4.69, 9.17) is 16.7 Å². The lowest BCUT2D eigenvalue weighted by atomic mass is 10.2. The number of hydrogen-bond donors (Lipinski definition) is 2. The molecule has 3 aromatic rings. The number of hydrogen-bond acceptors (Lipinski definition) is 4. The van der Waals surface area contributed by atoms with Crippen LogP contribution in [0, 0.1) is 6.92 Å². The standard InChI is InChI=1S/C17H16ClN5O3/c1-11-6-15(21-23(11)9-12-4-2-3-5-14(12)18)20-17(26)13-7-19-22(8-13)10-16(24)25/h2-8H,9-10H2,1H3,(H,24,25)(H,20,21,26). The number of carbonyl (C=O) groups excluding carboxylic acids is 1. The summed E-state index contributed by atoms with van der Waals surface area (Å²) in [6.45, 7) is 2.06. The van der Waals surface area contributed by atoms with Gasteiger partial charge in [0.2, 0.25) is 0 Å². The van der Waals surface area contributed by atoms with Gasteiger partial charge < -0.3 is 10.4 Å². The van der Waals surface area contributed by atoms with Gasteiger partial charge in [-0.15, -0.1) is 0 Å². The van der Waals surface area contributed by atoms with Crippen LogP contribution in [0.4, 0.5) is 5.82 Å². The molecule has 0 saturated heterocycles. The summed E-state index contributed by atoms with van der Waals surface area (Å²) in [4.78, 5) is 22.9. The fourth-order valence-corrected chi connectivity index (χ4v) is 2.61. The van der Waals surface area contributed by atoms with E-state index in [1.807, 2.05) is 31.2 Å². The van der Waals surface area contributed by atoms with Crippen LogP contribution in [0.5, 0.6) is 0 Å². The Hall–Kier alpha value is -3.13. The molecular formula is C17H16ClN5O3. The van der Waals surface area contributed by atoms with Gasteiger partial charge in [0, 0.05) is 23.0 Å². The van der Waals surface area contributed by atoms with Crippen LogP contribution in [0.15, 0.2) is 42.7 Å². The molecule has 0 saturated carbocycles. The van der Waals surface area contributed by atoms with Crippen molar-refractivity contribution in [2.24, 2.45) is 0 Å². The van der Waals surface area contributed by atoms with Gasteiger partial charge in [0.15, 0.2) is 5.82 Å². The molecule has 0 bridgehead atoms. The third kappa shape index (κ3) is 4.09. The number of aliphatic carboxylic acids is 1. The summed E-state index contributed by atoms with van der Waals surface area (Å²) in [6.07, 6.45) is 2.68. The molecule has 0 radical (unpaired) electrons. The van der Waals surface area contributed by atoms with Crippen LogP contribution >= 0.6 is 11.6 Å². The molecule has 8 nitrogen and oxygen atoms in total. The van der Waals surface area contributed by atoms with Crippen LogP contribution in [0.1, 0.15) is 21.6 Å². The second-order valence-corrected chi connectivity index (χ2v) is 6.10. The van der Waals surface area contributed by atoms with Gasteiger partial charge in [-0.05, 0) is 18.6 Å². The van der Waals surface area contributed by atoms with Crippen molar-refractivity contribution in [1.82, 2.24) is 19.6 Å². The second kappa shape index (κ2) is 7.40. The Bertz CT molecular complexity index is 963. The van der Waals surface area contributed by atoms with E-state index < -0.39 is 11.9 Å². The lowest BCUT2D eigenvalue weighted by Crippen LogP contribution is -2.13. The van der Waals surface area contributed by atoms with Crippen molar-refractivity contribution in [2.45, 2.75) is 20.0 Å². The van der Waals surface area contributed by atoms with Gasteiger partial charge in [-0.2, -0.15) is 10.2 Å². The molecular weight excluding hydrogens is 358 g/mol. The number of rotatable bonds is 6. The number of amides is 1. The van der Waals surface area contributed by atoms with Crippen LogP contribution in [0.3, 0.4) is 0 Å². The first-order valence-corrected chi connectivity index (χ1v) is 8.13. The molecule has 1 amide bonds. The highest BCUT2D eigenvalue weighted by Gasteiger charge is 2.13. The third-order valence-electron chi connectivity index (χ3n) is 3.69. The maximum atomic E-state index is 12.3. The number of nitrogens with zero attached hydrogens (tertiary/aromatic N) is 4. The molecule has 2 heterocycles. The molecule has 0 fully saturated rings. The minimum absolute atomic E-state index is 0.254. The van der Waals surface area contributed by atoms with Gasteiger partial charge in [-0.3, -0.25) is 19.0 Å². The first kappa shape index (κ1) is 17.7. The number of aryl methyl sites for hydroxylation is 1. The number of carbonyl (C=O) groups is 2. The number of carboxylic acids is 1. The summed E-state index contributed by atoms with van der Waals surface area (Å²) >= 11 is 6.17. The van der Waals surface area contributed by atoms with Gasteiger partial charge in [-0.1, -0.05) is 29.8 Å². The average molecular weight is 374 g/mol. The molecule has 0 atom stereocenters. The number of benzene rings is 1. The minimum Gasteiger partial charge on any atom is -0.480 e. The second-order valence-electron chi connectivity index (χ2n) is 5.69. The fourth-order valence-electron chi connectivity index (χ4n) is 2.41. The Kier molecular flexibility index (Phi) is 5.04. The van der Waals surface area contributed by atoms with Crippen molar-refractivity contribution < 1.29 is 14.7 Å². The van der Waals surface area contributed by atoms with E-state index in [1.165, 1.54) is 17.1 Å². The van der Waals surface area contributed by atoms with Crippen LogP contribution in [-0.2, 0) is 17.9 Å². The summed E-state index contributed by atoms with van der Waals surface area (Å²) in [5.41, 5.74) is 2.04. The van der Waals surface area contributed by atoms with E-state index in [9.17, 15) is 9.59 Å². The predicted octanol–water partition coefficient (Wildman–Crippen LogP) is 2.43. The van der Waals surface area contributed by atoms with Crippen LogP contribution in [0.2, 0.25) is 5.02 Å². The van der Waals surface area contributed by atoms with Crippen molar-refractivity contribution in [2.75, 3.05) is 5.32 Å². The van der Waals surface area contributed by atoms with Crippen molar-refractivity contribution >= 4 is 29.3 Å². The number of halogens is 1. The first-order chi connectivity index (χ1) is 12.4. The Morgan fingerprint density at radius 2 is 2.08 bits per heavy atom. The first-order valence-electron chi connectivity index (χ1n) is 7.76. The Balaban J connectivity index is 1.71. The third-order valence-corrected chi connectivity index (χ3v) is 4.06. The zero-order valence-corrected chi connectivity index (χ0v) is 14.6. The quantitative estimate of drug-likeness (QED) is 0.690. The normalized spacial score (nSPS) is 10.7. The maximum Gasteiger partial charge on any atom is 0.325 e. The van der Waals surface area contributed by atoms with E-state index in [2.05, 4.69) is 15.5 Å². The number of aromatic nitrogens is 4. The molecule has 26 heavy (non-hydrogen) atoms. The van der Waals surface area contributed by atoms with Gasteiger partial charge >= 0.3 is 5.97 Å². The molecule has 9 heteroatoms.